The van der Waals surface area contributed by atoms with E-state index in [0.717, 1.165) is 30.7 Å². The number of carbonyl (C=O) groups excluding carboxylic acids is 2. The first-order valence-electron chi connectivity index (χ1n) is 7.93. The Balaban J connectivity index is 1.46. The van der Waals surface area contributed by atoms with Crippen molar-refractivity contribution in [3.8, 4) is 0 Å². The maximum Gasteiger partial charge on any atom is 0.411 e. The van der Waals surface area contributed by atoms with Crippen LogP contribution in [0.3, 0.4) is 0 Å². The molecular weight excluding hydrogens is 359 g/mol. The van der Waals surface area contributed by atoms with Gasteiger partial charge in [-0.15, -0.1) is 11.3 Å². The second-order valence-electron chi connectivity index (χ2n) is 6.06. The van der Waals surface area contributed by atoms with Crippen molar-refractivity contribution in [2.45, 2.75) is 31.2 Å². The average molecular weight is 377 g/mol. The van der Waals surface area contributed by atoms with Crippen molar-refractivity contribution in [3.05, 3.63) is 17.0 Å². The number of nitrogens with zero attached hydrogens (tertiary/aromatic N) is 1. The maximum absolute atomic E-state index is 12.3. The first-order chi connectivity index (χ1) is 11.8. The molecule has 25 heavy (non-hydrogen) atoms. The highest BCUT2D eigenvalue weighted by molar-refractivity contribution is 7.18. The number of hydrogen-bond donors (Lipinski definition) is 2. The second-order valence-corrected chi connectivity index (χ2v) is 7.14. The third kappa shape index (κ3) is 4.71. The van der Waals surface area contributed by atoms with Crippen LogP contribution in [0.1, 0.15) is 22.5 Å². The minimum Gasteiger partial charge on any atom is -0.365 e. The Morgan fingerprint density at radius 1 is 1.36 bits per heavy atom. The molecule has 2 aliphatic heterocycles. The van der Waals surface area contributed by atoms with Crippen molar-refractivity contribution in [1.29, 1.82) is 0 Å². The van der Waals surface area contributed by atoms with Crippen LogP contribution in [0.4, 0.5) is 18.2 Å². The molecular formula is C15H18F3N3O3S. The van der Waals surface area contributed by atoms with Gasteiger partial charge in [0, 0.05) is 13.1 Å². The Hall–Kier alpha value is -1.65. The van der Waals surface area contributed by atoms with Crippen LogP contribution in [-0.2, 0) is 9.53 Å². The molecule has 3 heterocycles. The fraction of sp³-hybridized carbons (Fsp3) is 0.600. The van der Waals surface area contributed by atoms with Gasteiger partial charge in [0.1, 0.15) is 6.61 Å². The molecule has 2 saturated heterocycles. The summed E-state index contributed by atoms with van der Waals surface area (Å²) >= 11 is 1.15. The van der Waals surface area contributed by atoms with Gasteiger partial charge in [-0.1, -0.05) is 0 Å². The zero-order valence-electron chi connectivity index (χ0n) is 13.3. The average Bonchev–Trinajstić information content (AvgIpc) is 3.15. The number of anilines is 1. The first-order valence-corrected chi connectivity index (χ1v) is 8.75. The fourth-order valence-electron chi connectivity index (χ4n) is 2.71. The minimum atomic E-state index is -4.36. The first kappa shape index (κ1) is 18.2. The molecule has 2 aliphatic rings. The van der Waals surface area contributed by atoms with E-state index in [4.69, 9.17) is 4.74 Å². The van der Waals surface area contributed by atoms with Crippen LogP contribution in [0, 0.1) is 0 Å². The van der Waals surface area contributed by atoms with E-state index in [1.54, 1.807) is 12.1 Å². The summed E-state index contributed by atoms with van der Waals surface area (Å²) in [6.45, 7) is -0.204. The number of halogens is 3. The summed E-state index contributed by atoms with van der Waals surface area (Å²) in [6.07, 6.45) is -3.20. The molecule has 0 radical (unpaired) electrons. The lowest BCUT2D eigenvalue weighted by atomic mass is 10.1. The van der Waals surface area contributed by atoms with Crippen molar-refractivity contribution < 1.29 is 27.5 Å². The van der Waals surface area contributed by atoms with Gasteiger partial charge in [0.15, 0.2) is 0 Å². The number of rotatable bonds is 5. The molecule has 6 nitrogen and oxygen atoms in total. The molecule has 2 amide bonds. The van der Waals surface area contributed by atoms with E-state index < -0.39 is 18.9 Å². The molecule has 2 fully saturated rings. The molecule has 138 valence electrons. The van der Waals surface area contributed by atoms with E-state index in [2.05, 4.69) is 10.6 Å². The van der Waals surface area contributed by atoms with Crippen LogP contribution < -0.4 is 10.6 Å². The lowest BCUT2D eigenvalue weighted by molar-refractivity contribution is -0.196. The summed E-state index contributed by atoms with van der Waals surface area (Å²) in [4.78, 5) is 26.1. The molecule has 0 aromatic carbocycles. The van der Waals surface area contributed by atoms with E-state index in [0.29, 0.717) is 9.88 Å². The van der Waals surface area contributed by atoms with Crippen molar-refractivity contribution in [2.75, 3.05) is 31.6 Å². The topological polar surface area (TPSA) is 70.7 Å². The van der Waals surface area contributed by atoms with Gasteiger partial charge < -0.3 is 20.3 Å². The van der Waals surface area contributed by atoms with E-state index in [-0.39, 0.29) is 30.9 Å². The normalized spacial score (nSPS) is 21.2. The van der Waals surface area contributed by atoms with E-state index in [1.807, 2.05) is 0 Å². The zero-order chi connectivity index (χ0) is 18.0. The van der Waals surface area contributed by atoms with Crippen molar-refractivity contribution in [3.63, 3.8) is 0 Å². The summed E-state index contributed by atoms with van der Waals surface area (Å²) in [5, 5.41) is 6.45. The quantitative estimate of drug-likeness (QED) is 0.822. The van der Waals surface area contributed by atoms with Crippen LogP contribution in [0.25, 0.3) is 0 Å². The molecule has 2 N–H and O–H groups in total. The van der Waals surface area contributed by atoms with Gasteiger partial charge in [-0.2, -0.15) is 13.2 Å². The molecule has 1 aromatic rings. The number of amides is 2. The van der Waals surface area contributed by atoms with E-state index in [1.165, 1.54) is 4.90 Å². The molecule has 3 rings (SSSR count). The van der Waals surface area contributed by atoms with Crippen molar-refractivity contribution in [2.24, 2.45) is 0 Å². The molecule has 0 unspecified atom stereocenters. The van der Waals surface area contributed by atoms with Crippen molar-refractivity contribution >= 4 is 28.2 Å². The van der Waals surface area contributed by atoms with E-state index >= 15 is 0 Å². The predicted octanol–water partition coefficient (Wildman–Crippen LogP) is 1.84. The smallest absolute Gasteiger partial charge is 0.365 e. The molecule has 10 heteroatoms. The second kappa shape index (κ2) is 7.30. The largest absolute Gasteiger partial charge is 0.411 e. The summed E-state index contributed by atoms with van der Waals surface area (Å²) in [7, 11) is 0. The number of carbonyl (C=O) groups is 2. The SMILES string of the molecule is O=C(Nc1ccc(C(=O)N2CC(OCC(F)(F)F)C2)s1)[C@@H]1CCCN1. The molecule has 1 atom stereocenters. The van der Waals surface area contributed by atoms with Crippen LogP contribution >= 0.6 is 11.3 Å². The zero-order valence-corrected chi connectivity index (χ0v) is 14.1. The number of ether oxygens (including phenoxy) is 1. The van der Waals surface area contributed by atoms with Crippen LogP contribution in [-0.4, -0.2) is 61.3 Å². The standard InChI is InChI=1S/C15H18F3N3O3S/c16-15(17,18)8-24-9-6-21(7-9)14(23)11-3-4-12(25-11)20-13(22)10-2-1-5-19-10/h3-4,9-10,19H,1-2,5-8H2,(H,20,22)/t10-/m0/s1. The molecule has 0 aliphatic carbocycles. The highest BCUT2D eigenvalue weighted by Gasteiger charge is 2.36. The fourth-order valence-corrected chi connectivity index (χ4v) is 3.59. The van der Waals surface area contributed by atoms with E-state index in [9.17, 15) is 22.8 Å². The van der Waals surface area contributed by atoms with Gasteiger partial charge in [-0.3, -0.25) is 9.59 Å². The predicted molar refractivity (Wildman–Crippen MR) is 85.7 cm³/mol. The molecule has 0 spiro atoms. The number of alkyl halides is 3. The summed E-state index contributed by atoms with van der Waals surface area (Å²) in [5.74, 6) is -0.390. The van der Waals surface area contributed by atoms with Gasteiger partial charge in [-0.05, 0) is 31.5 Å². The number of thiophene rings is 1. The van der Waals surface area contributed by atoms with Gasteiger partial charge >= 0.3 is 6.18 Å². The van der Waals surface area contributed by atoms with Gasteiger partial charge in [0.2, 0.25) is 5.91 Å². The number of nitrogens with one attached hydrogen (secondary N) is 2. The lowest BCUT2D eigenvalue weighted by Gasteiger charge is -2.38. The number of hydrogen-bond acceptors (Lipinski definition) is 5. The molecule has 0 saturated carbocycles. The van der Waals surface area contributed by atoms with Crippen LogP contribution in [0.15, 0.2) is 12.1 Å². The minimum absolute atomic E-state index is 0.122. The maximum atomic E-state index is 12.3. The Bertz CT molecular complexity index is 637. The van der Waals surface area contributed by atoms with Gasteiger partial charge in [0.05, 0.1) is 22.0 Å². The Kier molecular flexibility index (Phi) is 5.30. The lowest BCUT2D eigenvalue weighted by Crippen LogP contribution is -2.55. The molecule has 1 aromatic heterocycles. The highest BCUT2D eigenvalue weighted by atomic mass is 32.1. The van der Waals surface area contributed by atoms with Crippen LogP contribution in [0.5, 0.6) is 0 Å². The summed E-state index contributed by atoms with van der Waals surface area (Å²) in [6, 6.07) is 3.06. The monoisotopic (exact) mass is 377 g/mol. The number of likely N-dealkylation sites (tertiary alicyclic amines) is 1. The third-order valence-electron chi connectivity index (χ3n) is 4.06. The Morgan fingerprint density at radius 3 is 2.76 bits per heavy atom. The third-order valence-corrected chi connectivity index (χ3v) is 5.05. The summed E-state index contributed by atoms with van der Waals surface area (Å²) < 4.78 is 40.9. The highest BCUT2D eigenvalue weighted by Crippen LogP contribution is 2.26. The van der Waals surface area contributed by atoms with Crippen LogP contribution in [0.2, 0.25) is 0 Å². The Morgan fingerprint density at radius 2 is 2.12 bits per heavy atom. The Labute approximate surface area is 146 Å². The van der Waals surface area contributed by atoms with Gasteiger partial charge in [-0.25, -0.2) is 0 Å². The van der Waals surface area contributed by atoms with Gasteiger partial charge in [0.25, 0.3) is 5.91 Å². The van der Waals surface area contributed by atoms with Crippen molar-refractivity contribution in [1.82, 2.24) is 10.2 Å². The summed E-state index contributed by atoms with van der Waals surface area (Å²) in [5.41, 5.74) is 0. The molecule has 0 bridgehead atoms.